The Morgan fingerprint density at radius 3 is 1.02 bits per heavy atom. The highest BCUT2D eigenvalue weighted by Crippen LogP contribution is 2.28. The highest BCUT2D eigenvalue weighted by Gasteiger charge is 2.18. The van der Waals surface area contributed by atoms with Crippen LogP contribution in [0.5, 0.6) is 0 Å². The topological polar surface area (TPSA) is 68.3 Å². The first-order valence-electron chi connectivity index (χ1n) is 16.6. The Morgan fingerprint density at radius 1 is 0.408 bits per heavy atom. The first kappa shape index (κ1) is 49.6. The molecule has 0 atom stereocenters. The lowest BCUT2D eigenvalue weighted by atomic mass is 10.0. The maximum absolute atomic E-state index is 11.4. The van der Waals surface area contributed by atoms with Crippen LogP contribution in [0.1, 0.15) is 39.5 Å². The Morgan fingerprint density at radius 2 is 0.694 bits per heavy atom. The lowest BCUT2D eigenvalue weighted by Crippen LogP contribution is -2.19. The number of rotatable bonds is 0. The van der Waals surface area contributed by atoms with Gasteiger partial charge in [-0.2, -0.15) is 94.1 Å². The van der Waals surface area contributed by atoms with Gasteiger partial charge >= 0.3 is 0 Å². The molecule has 0 radical (unpaired) electrons. The summed E-state index contributed by atoms with van der Waals surface area (Å²) in [5.41, 5.74) is 1.94. The Kier molecular flexibility index (Phi) is 35.5. The maximum Gasteiger partial charge on any atom is 0.197 e. The van der Waals surface area contributed by atoms with Crippen LogP contribution in [-0.4, -0.2) is 136 Å². The van der Waals surface area contributed by atoms with Gasteiger partial charge in [0.05, 0.1) is 12.8 Å². The van der Waals surface area contributed by atoms with E-state index in [9.17, 15) is 19.2 Å². The molecule has 0 aromatic rings. The zero-order valence-electron chi connectivity index (χ0n) is 29.2. The minimum Gasteiger partial charge on any atom is -0.287 e. The fourth-order valence-electron chi connectivity index (χ4n) is 3.68. The molecule has 3 heterocycles. The third-order valence-corrected chi connectivity index (χ3v) is 20.5. The van der Waals surface area contributed by atoms with Crippen molar-refractivity contribution in [3.05, 3.63) is 12.2 Å². The Bertz CT molecular complexity index is 824. The first-order chi connectivity index (χ1) is 23.7. The number of hydrogen-bond acceptors (Lipinski definition) is 16. The van der Waals surface area contributed by atoms with Crippen molar-refractivity contribution in [3.63, 3.8) is 0 Å². The van der Waals surface area contributed by atoms with Gasteiger partial charge in [0, 0.05) is 80.5 Å². The van der Waals surface area contributed by atoms with E-state index in [1.165, 1.54) is 110 Å². The molecule has 0 aliphatic carbocycles. The van der Waals surface area contributed by atoms with E-state index >= 15 is 0 Å². The molecule has 3 rings (SSSR count). The molecule has 3 aliphatic rings. The van der Waals surface area contributed by atoms with E-state index < -0.39 is 0 Å². The SMILES string of the molecule is C=C1CSCCSCCCSCCSC1.CC1(C)CSCCSCCCSCCSC1.O=C1CC(=O)SCCSC(=O)CC(=O)SCCS1. The van der Waals surface area contributed by atoms with E-state index in [4.69, 9.17) is 0 Å². The zero-order chi connectivity index (χ0) is 35.8. The van der Waals surface area contributed by atoms with Crippen LogP contribution in [0.3, 0.4) is 0 Å². The fourth-order valence-corrected chi connectivity index (χ4v) is 16.3. The number of thioether (sulfide) groups is 12. The average molecular weight is 902 g/mol. The standard InChI is InChI=1S/C12H24S4.C11H20S4.C10H12O4S4/c1-12(2)10-15-8-6-13-4-3-5-14-7-9-16-11-12;1-11-9-14-7-5-12-3-2-4-13-6-8-15-10-11;11-7-5-9(13)17-3-4-18-10(14)6-8(12)16-2-1-15-7/h3-11H2,1-2H3;1-10H2;1-6H2. The van der Waals surface area contributed by atoms with E-state index in [2.05, 4.69) is 91.0 Å². The van der Waals surface area contributed by atoms with Gasteiger partial charge < -0.3 is 0 Å². The monoisotopic (exact) mass is 900 g/mol. The van der Waals surface area contributed by atoms with Crippen molar-refractivity contribution in [2.75, 3.05) is 115 Å². The lowest BCUT2D eigenvalue weighted by Gasteiger charge is -2.23. The first-order valence-corrected chi connectivity index (χ1v) is 29.8. The second kappa shape index (κ2) is 35.1. The van der Waals surface area contributed by atoms with Crippen LogP contribution in [0.4, 0.5) is 0 Å². The van der Waals surface area contributed by atoms with E-state index in [1.807, 2.05) is 23.5 Å². The van der Waals surface area contributed by atoms with E-state index in [1.54, 1.807) is 0 Å². The summed E-state index contributed by atoms with van der Waals surface area (Å²) in [6.07, 6.45) is 2.63. The molecule has 0 aromatic heterocycles. The van der Waals surface area contributed by atoms with Crippen molar-refractivity contribution < 1.29 is 19.2 Å². The predicted octanol–water partition coefficient (Wildman–Crippen LogP) is 10.0. The van der Waals surface area contributed by atoms with Crippen LogP contribution < -0.4 is 0 Å². The minimum absolute atomic E-state index is 0.0768. The van der Waals surface area contributed by atoms with E-state index in [0.29, 0.717) is 28.4 Å². The molecule has 16 heteroatoms. The van der Waals surface area contributed by atoms with Crippen LogP contribution in [0.25, 0.3) is 0 Å². The van der Waals surface area contributed by atoms with Crippen LogP contribution in [0.15, 0.2) is 12.2 Å². The van der Waals surface area contributed by atoms with Crippen molar-refractivity contribution in [2.24, 2.45) is 5.41 Å². The molecule has 3 aliphatic heterocycles. The molecule has 0 amide bonds. The van der Waals surface area contributed by atoms with Gasteiger partial charge in [-0.3, -0.25) is 19.2 Å². The Balaban J connectivity index is 0.000000369. The van der Waals surface area contributed by atoms with Crippen LogP contribution in [0, 0.1) is 5.41 Å². The van der Waals surface area contributed by atoms with E-state index in [0.717, 1.165) is 47.0 Å². The van der Waals surface area contributed by atoms with Gasteiger partial charge in [-0.15, -0.1) is 0 Å². The summed E-state index contributed by atoms with van der Waals surface area (Å²) in [4.78, 5) is 45.5. The van der Waals surface area contributed by atoms with Gasteiger partial charge in [-0.1, -0.05) is 73.0 Å². The van der Waals surface area contributed by atoms with Gasteiger partial charge in [-0.05, 0) is 52.8 Å². The lowest BCUT2D eigenvalue weighted by molar-refractivity contribution is -0.119. The van der Waals surface area contributed by atoms with E-state index in [-0.39, 0.29) is 33.3 Å². The number of hydrogen-bond donors (Lipinski definition) is 0. The summed E-state index contributed by atoms with van der Waals surface area (Å²) in [6, 6.07) is 0. The second-order valence-electron chi connectivity index (χ2n) is 11.5. The molecule has 0 aromatic carbocycles. The third-order valence-electron chi connectivity index (χ3n) is 6.04. The molecular weight excluding hydrogens is 845 g/mol. The molecule has 0 spiro atoms. The van der Waals surface area contributed by atoms with Crippen molar-refractivity contribution in [3.8, 4) is 0 Å². The summed E-state index contributed by atoms with van der Waals surface area (Å²) < 4.78 is 0. The van der Waals surface area contributed by atoms with Crippen molar-refractivity contribution in [2.45, 2.75) is 39.5 Å². The molecule has 0 saturated carbocycles. The zero-order valence-corrected chi connectivity index (χ0v) is 39.0. The smallest absolute Gasteiger partial charge is 0.197 e. The van der Waals surface area contributed by atoms with Gasteiger partial charge in [-0.25, -0.2) is 0 Å². The number of carbonyl (C=O) groups excluding carboxylic acids is 4. The highest BCUT2D eigenvalue weighted by molar-refractivity contribution is 8.19. The quantitative estimate of drug-likeness (QED) is 0.171. The van der Waals surface area contributed by atoms with Crippen molar-refractivity contribution in [1.82, 2.24) is 0 Å². The second-order valence-corrected chi connectivity index (χ2v) is 25.4. The van der Waals surface area contributed by atoms with Gasteiger partial charge in [0.15, 0.2) is 20.5 Å². The molecular formula is C33H56O4S12. The summed E-state index contributed by atoms with van der Waals surface area (Å²) in [5, 5.41) is -0.606. The summed E-state index contributed by atoms with van der Waals surface area (Å²) >= 11 is 21.2. The van der Waals surface area contributed by atoms with Crippen LogP contribution in [-0.2, 0) is 19.2 Å². The summed E-state index contributed by atoms with van der Waals surface area (Å²) in [6.45, 7) is 8.96. The Labute approximate surface area is 349 Å². The number of carbonyl (C=O) groups is 4. The molecule has 0 N–H and O–H groups in total. The maximum atomic E-state index is 11.4. The highest BCUT2D eigenvalue weighted by atomic mass is 32.2. The Hall–Kier alpha value is 2.62. The molecule has 4 nitrogen and oxygen atoms in total. The summed E-state index contributed by atoms with van der Waals surface area (Å²) in [7, 11) is 0. The van der Waals surface area contributed by atoms with Crippen molar-refractivity contribution >= 4 is 162 Å². The largest absolute Gasteiger partial charge is 0.287 e. The van der Waals surface area contributed by atoms with Gasteiger partial charge in [0.2, 0.25) is 0 Å². The van der Waals surface area contributed by atoms with Crippen LogP contribution >= 0.6 is 141 Å². The fraction of sp³-hybridized carbons (Fsp3) is 0.818. The molecule has 284 valence electrons. The van der Waals surface area contributed by atoms with Gasteiger partial charge in [0.1, 0.15) is 0 Å². The predicted molar refractivity (Wildman–Crippen MR) is 250 cm³/mol. The molecule has 49 heavy (non-hydrogen) atoms. The van der Waals surface area contributed by atoms with Gasteiger partial charge in [0.25, 0.3) is 0 Å². The third kappa shape index (κ3) is 34.8. The average Bonchev–Trinajstić information content (AvgIpc) is 3.05. The molecule has 3 saturated heterocycles. The summed E-state index contributed by atoms with van der Waals surface area (Å²) in [5.74, 6) is 23.0. The minimum atomic E-state index is -0.152. The van der Waals surface area contributed by atoms with Crippen LogP contribution in [0.2, 0.25) is 0 Å². The van der Waals surface area contributed by atoms with Crippen molar-refractivity contribution in [1.29, 1.82) is 0 Å². The molecule has 3 fully saturated rings. The molecule has 0 unspecified atom stereocenters. The normalized spacial score (nSPS) is 23.6. The molecule has 0 bridgehead atoms.